The van der Waals surface area contributed by atoms with Gasteiger partial charge >= 0.3 is 40.9 Å². The Bertz CT molecular complexity index is 2130. The Morgan fingerprint density at radius 1 is 0.660 bits per heavy atom. The molecule has 5 heterocycles. The van der Waals surface area contributed by atoms with Crippen LogP contribution in [0.2, 0.25) is 0 Å². The summed E-state index contributed by atoms with van der Waals surface area (Å²) in [6, 6.07) is 6.25. The van der Waals surface area contributed by atoms with Crippen LogP contribution in [-0.2, 0) is 72.4 Å². The number of aromatic nitrogens is 4. The monoisotopic (exact) mass is 775 g/mol. The molecule has 0 amide bonds. The third-order valence-corrected chi connectivity index (χ3v) is 10.0. The normalized spacial score (nSPS) is 18.6. The van der Waals surface area contributed by atoms with E-state index in [1.165, 1.54) is 40.6 Å². The van der Waals surface area contributed by atoms with Gasteiger partial charge in [-0.3, -0.25) is 28.8 Å². The van der Waals surface area contributed by atoms with E-state index in [2.05, 4.69) is 9.97 Å². The second-order valence-electron chi connectivity index (χ2n) is 13.3. The minimum absolute atomic E-state index is 0. The molecule has 14 nitrogen and oxygen atoms in total. The summed E-state index contributed by atoms with van der Waals surface area (Å²) in [7, 11) is 5.04. The fraction of sp³-hybridized carbons (Fsp3) is 0.421. The van der Waals surface area contributed by atoms with E-state index >= 15 is 0 Å². The Hall–Kier alpha value is -5.14. The molecule has 0 aromatic carbocycles. The Kier molecular flexibility index (Phi) is 12.1. The second-order valence-corrected chi connectivity index (χ2v) is 13.3. The van der Waals surface area contributed by atoms with Gasteiger partial charge in [0.25, 0.3) is 0 Å². The molecule has 3 aliphatic rings. The van der Waals surface area contributed by atoms with Gasteiger partial charge in [-0.15, -0.1) is 16.7 Å². The number of Topliss-reactive ketones (excluding diaryl/α,β-unsaturated/α-hetero) is 2. The van der Waals surface area contributed by atoms with Crippen LogP contribution in [0.5, 0.6) is 0 Å². The van der Waals surface area contributed by atoms with Crippen molar-refractivity contribution in [3.63, 3.8) is 0 Å². The molecule has 0 N–H and O–H groups in total. The zero-order valence-corrected chi connectivity index (χ0v) is 31.7. The van der Waals surface area contributed by atoms with Gasteiger partial charge in [0.05, 0.1) is 63.8 Å². The predicted molar refractivity (Wildman–Crippen MR) is 186 cm³/mol. The number of hydrogen-bond donors (Lipinski definition) is 0. The molecule has 0 saturated heterocycles. The molecule has 2 atom stereocenters. The summed E-state index contributed by atoms with van der Waals surface area (Å²) in [6.45, 7) is 6.76. The maximum Gasteiger partial charge on any atom is 2.00 e. The third-order valence-electron chi connectivity index (χ3n) is 10.0. The van der Waals surface area contributed by atoms with Crippen LogP contribution in [0, 0.1) is 6.92 Å². The number of allylic oxidation sites excluding steroid dienone is 2. The van der Waals surface area contributed by atoms with Gasteiger partial charge in [0.15, 0.2) is 5.78 Å². The molecule has 1 radical (unpaired) electrons. The molecule has 0 fully saturated rings. The fourth-order valence-corrected chi connectivity index (χ4v) is 6.63. The van der Waals surface area contributed by atoms with Crippen LogP contribution >= 0.6 is 0 Å². The number of fused-ring (bicyclic) bond motifs is 8. The van der Waals surface area contributed by atoms with E-state index < -0.39 is 46.3 Å². The van der Waals surface area contributed by atoms with Crippen molar-refractivity contribution in [2.24, 2.45) is 0 Å². The van der Waals surface area contributed by atoms with Crippen molar-refractivity contribution < 1.29 is 64.8 Å². The van der Waals surface area contributed by atoms with Crippen molar-refractivity contribution in [1.29, 1.82) is 0 Å². The zero-order valence-electron chi connectivity index (χ0n) is 30.7. The van der Waals surface area contributed by atoms with E-state index in [0.29, 0.717) is 44.7 Å². The molecule has 2 aromatic rings. The summed E-state index contributed by atoms with van der Waals surface area (Å²) in [5.74, 6) is -3.17. The number of carbonyl (C=O) groups excluding carboxylic acids is 6. The van der Waals surface area contributed by atoms with Crippen molar-refractivity contribution in [1.82, 2.24) is 19.9 Å². The van der Waals surface area contributed by atoms with Gasteiger partial charge in [0.1, 0.15) is 11.5 Å². The molecule has 0 spiro atoms. The Morgan fingerprint density at radius 3 is 1.85 bits per heavy atom. The average Bonchev–Trinajstić information content (AvgIpc) is 3.73. The van der Waals surface area contributed by atoms with E-state index in [4.69, 9.17) is 28.9 Å². The van der Waals surface area contributed by atoms with Crippen LogP contribution in [0.4, 0.5) is 0 Å². The first-order valence-electron chi connectivity index (χ1n) is 16.6. The first-order valence-corrected chi connectivity index (χ1v) is 16.6. The number of rotatable bonds is 10. The van der Waals surface area contributed by atoms with E-state index in [0.717, 1.165) is 0 Å². The summed E-state index contributed by atoms with van der Waals surface area (Å²) in [6.07, 6.45) is -0.0805. The molecule has 15 heteroatoms. The minimum Gasteiger partial charge on any atom is -0.657 e. The molecule has 5 rings (SSSR count). The van der Waals surface area contributed by atoms with E-state index in [1.807, 2.05) is 13.8 Å². The summed E-state index contributed by atoms with van der Waals surface area (Å²) >= 11 is 0. The molecule has 0 unspecified atom stereocenters. The van der Waals surface area contributed by atoms with Gasteiger partial charge in [-0.2, -0.15) is 0 Å². The summed E-state index contributed by atoms with van der Waals surface area (Å²) < 4.78 is 19.6. The number of ether oxygens (including phenoxy) is 4. The van der Waals surface area contributed by atoms with Gasteiger partial charge in [-0.1, -0.05) is 35.0 Å². The van der Waals surface area contributed by atoms with E-state index in [-0.39, 0.29) is 78.4 Å². The fourth-order valence-electron chi connectivity index (χ4n) is 6.63. The minimum atomic E-state index is -1.53. The van der Waals surface area contributed by atoms with Gasteiger partial charge in [-0.05, 0) is 57.7 Å². The quantitative estimate of drug-likeness (QED) is 0.191. The van der Waals surface area contributed by atoms with Gasteiger partial charge in [0.2, 0.25) is 0 Å². The third kappa shape index (κ3) is 7.67. The molecule has 283 valence electrons. The number of esters is 4. The smallest absolute Gasteiger partial charge is 0.657 e. The van der Waals surface area contributed by atoms with Crippen LogP contribution in [-0.4, -0.2) is 73.9 Å². The first kappa shape index (κ1) is 40.6. The van der Waals surface area contributed by atoms with Gasteiger partial charge in [0, 0.05) is 18.3 Å². The molecule has 53 heavy (non-hydrogen) atoms. The van der Waals surface area contributed by atoms with Crippen molar-refractivity contribution in [2.45, 2.75) is 77.0 Å². The van der Waals surface area contributed by atoms with Crippen molar-refractivity contribution in [3.05, 3.63) is 69.6 Å². The Labute approximate surface area is 316 Å². The van der Waals surface area contributed by atoms with E-state index in [1.54, 1.807) is 26.0 Å². The van der Waals surface area contributed by atoms with Gasteiger partial charge < -0.3 is 28.9 Å². The Balaban J connectivity index is 0.00000627. The number of aryl methyl sites for hydroxylation is 2. The molecule has 8 bridgehead atoms. The van der Waals surface area contributed by atoms with Crippen molar-refractivity contribution >= 4 is 57.6 Å². The van der Waals surface area contributed by atoms with Crippen LogP contribution in [0.1, 0.15) is 108 Å². The van der Waals surface area contributed by atoms with Crippen LogP contribution in [0.25, 0.3) is 22.2 Å². The van der Waals surface area contributed by atoms with E-state index in [9.17, 15) is 28.8 Å². The molecule has 3 aliphatic heterocycles. The number of methoxy groups -OCH3 is 4. The number of carbonyl (C=O) groups is 6. The average molecular weight is 776 g/mol. The first-order chi connectivity index (χ1) is 24.6. The Morgan fingerprint density at radius 2 is 1.25 bits per heavy atom. The maximum atomic E-state index is 14.2. The molecule has 2 aromatic heterocycles. The summed E-state index contributed by atoms with van der Waals surface area (Å²) in [5, 5.41) is 0. The van der Waals surface area contributed by atoms with Crippen molar-refractivity contribution in [2.75, 3.05) is 28.4 Å². The SMILES string of the molecule is COC(=O)CCC1=C(C)c2cc3[n-]c(cc4nc(cc5[n-]c(cc1n2)c(CCC(=O)OC)c5C)[C@@](C)(CC(=O)OC)C4=O)[C@@](C)(CC(=O)OC)C3=O.[Cu+2]. The van der Waals surface area contributed by atoms with Crippen LogP contribution in [0.15, 0.2) is 24.3 Å². The topological polar surface area (TPSA) is 193 Å². The van der Waals surface area contributed by atoms with Gasteiger partial charge in [-0.25, -0.2) is 9.97 Å². The summed E-state index contributed by atoms with van der Waals surface area (Å²) in [5.41, 5.74) is 1.80. The molecular weight excluding hydrogens is 736 g/mol. The standard InChI is InChI=1S/C38H41N4O10.Cu/c1-19-21(9-11-31(43)49-5)25-14-26-22(10-12-32(44)50-6)20(2)24(40-26)15-29-37(3,17-33(45)51-7)36(48)28(42-29)16-30-38(4,18-34(46)52-8)35(47)27(41-30)13-23(19)39-25;/h13-16H,9-12,17-18H2,1-8H3,(H-,39,40,41,42,47,48);/q-1;+2/p-1/t37-,38-;/m1./s1. The summed E-state index contributed by atoms with van der Waals surface area (Å²) in [4.78, 5) is 97.2. The molecular formula is C38H40CuN4O10. The maximum absolute atomic E-state index is 14.2. The largest absolute Gasteiger partial charge is 2.00 e. The number of ketones is 2. The molecule has 0 saturated carbocycles. The molecule has 0 aliphatic carbocycles. The van der Waals surface area contributed by atoms with Crippen molar-refractivity contribution in [3.8, 4) is 0 Å². The zero-order chi connectivity index (χ0) is 38.1. The number of nitrogens with zero attached hydrogens (tertiary/aromatic N) is 4. The van der Waals surface area contributed by atoms with Crippen LogP contribution in [0.3, 0.4) is 0 Å². The predicted octanol–water partition coefficient (Wildman–Crippen LogP) is 4.00. The van der Waals surface area contributed by atoms with Crippen LogP contribution < -0.4 is 9.97 Å². The second kappa shape index (κ2) is 15.8. The number of hydrogen-bond acceptors (Lipinski definition) is 12.